The second-order valence-electron chi connectivity index (χ2n) is 7.74. The highest BCUT2D eigenvalue weighted by Gasteiger charge is 2.20. The molecule has 1 aromatic heterocycles. The quantitative estimate of drug-likeness (QED) is 0.400. The molecular formula is C26H27N3O. The Morgan fingerprint density at radius 2 is 1.63 bits per heavy atom. The molecule has 3 N–H and O–H groups in total. The smallest absolute Gasteiger partial charge is 0.241 e. The highest BCUT2D eigenvalue weighted by atomic mass is 16.2. The van der Waals surface area contributed by atoms with Gasteiger partial charge < -0.3 is 15.6 Å². The fourth-order valence-electron chi connectivity index (χ4n) is 3.75. The zero-order chi connectivity index (χ0) is 20.9. The summed E-state index contributed by atoms with van der Waals surface area (Å²) in [5.74, 6) is 0.0987. The van der Waals surface area contributed by atoms with Gasteiger partial charge >= 0.3 is 0 Å². The molecule has 0 spiro atoms. The van der Waals surface area contributed by atoms with Crippen LogP contribution in [0.4, 0.5) is 5.69 Å². The molecule has 0 saturated carbocycles. The molecule has 4 rings (SSSR count). The van der Waals surface area contributed by atoms with E-state index in [0.29, 0.717) is 6.54 Å². The maximum atomic E-state index is 12.7. The zero-order valence-corrected chi connectivity index (χ0v) is 17.4. The standard InChI is InChI=1S/C26H27N3O/c1-18-12-14-21(15-13-18)29-26(30)19(2)27-16-23(20-8-4-3-5-9-20)24-17-28-25-11-7-6-10-22(24)25/h3-15,17,19,23,27-28H,16H2,1-2H3,(H,29,30)/t19-,23-/m0/s1. The molecule has 4 heteroatoms. The number of H-pyrrole nitrogens is 1. The van der Waals surface area contributed by atoms with Gasteiger partial charge in [0.1, 0.15) is 0 Å². The van der Waals surface area contributed by atoms with Crippen molar-refractivity contribution in [3.05, 3.63) is 102 Å². The third-order valence-corrected chi connectivity index (χ3v) is 5.54. The third-order valence-electron chi connectivity index (χ3n) is 5.54. The van der Waals surface area contributed by atoms with Crippen LogP contribution in [-0.2, 0) is 4.79 Å². The van der Waals surface area contributed by atoms with Crippen LogP contribution in [0.5, 0.6) is 0 Å². The number of nitrogens with one attached hydrogen (secondary N) is 3. The number of anilines is 1. The molecule has 0 unspecified atom stereocenters. The predicted octanol–water partition coefficient (Wildman–Crippen LogP) is 5.23. The fraction of sp³-hybridized carbons (Fsp3) is 0.192. The van der Waals surface area contributed by atoms with Gasteiger partial charge in [-0.15, -0.1) is 0 Å². The van der Waals surface area contributed by atoms with E-state index < -0.39 is 0 Å². The normalized spacial score (nSPS) is 13.1. The Kier molecular flexibility index (Phi) is 5.96. The van der Waals surface area contributed by atoms with Gasteiger partial charge in [0.2, 0.25) is 5.91 Å². The summed E-state index contributed by atoms with van der Waals surface area (Å²) < 4.78 is 0. The average molecular weight is 398 g/mol. The summed E-state index contributed by atoms with van der Waals surface area (Å²) >= 11 is 0. The molecule has 1 heterocycles. The molecule has 2 atom stereocenters. The molecular weight excluding hydrogens is 370 g/mol. The van der Waals surface area contributed by atoms with Gasteiger partial charge in [0, 0.05) is 35.2 Å². The predicted molar refractivity (Wildman–Crippen MR) is 124 cm³/mol. The van der Waals surface area contributed by atoms with Crippen LogP contribution in [0, 0.1) is 6.92 Å². The van der Waals surface area contributed by atoms with Crippen molar-refractivity contribution in [2.75, 3.05) is 11.9 Å². The molecule has 3 aromatic carbocycles. The van der Waals surface area contributed by atoms with E-state index in [-0.39, 0.29) is 17.9 Å². The first-order valence-electron chi connectivity index (χ1n) is 10.3. The molecule has 0 saturated heterocycles. The molecule has 0 bridgehead atoms. The number of para-hydroxylation sites is 1. The fourth-order valence-corrected chi connectivity index (χ4v) is 3.75. The topological polar surface area (TPSA) is 56.9 Å². The number of rotatable bonds is 7. The first-order valence-corrected chi connectivity index (χ1v) is 10.3. The van der Waals surface area contributed by atoms with E-state index in [4.69, 9.17) is 0 Å². The minimum Gasteiger partial charge on any atom is -0.361 e. The Balaban J connectivity index is 1.51. The highest BCUT2D eigenvalue weighted by Crippen LogP contribution is 2.30. The maximum Gasteiger partial charge on any atom is 0.241 e. The lowest BCUT2D eigenvalue weighted by molar-refractivity contribution is -0.117. The zero-order valence-electron chi connectivity index (χ0n) is 17.4. The maximum absolute atomic E-state index is 12.7. The Hall–Kier alpha value is -3.37. The number of carbonyl (C=O) groups is 1. The van der Waals surface area contributed by atoms with Gasteiger partial charge in [-0.3, -0.25) is 4.79 Å². The number of carbonyl (C=O) groups excluding carboxylic acids is 1. The third kappa shape index (κ3) is 4.44. The first-order chi connectivity index (χ1) is 14.6. The van der Waals surface area contributed by atoms with E-state index in [9.17, 15) is 4.79 Å². The lowest BCUT2D eigenvalue weighted by Crippen LogP contribution is -2.40. The minimum atomic E-state index is -0.317. The number of benzene rings is 3. The van der Waals surface area contributed by atoms with Crippen molar-refractivity contribution >= 4 is 22.5 Å². The summed E-state index contributed by atoms with van der Waals surface area (Å²) in [6.45, 7) is 4.60. The van der Waals surface area contributed by atoms with Crippen molar-refractivity contribution < 1.29 is 4.79 Å². The number of hydrogen-bond acceptors (Lipinski definition) is 2. The second-order valence-corrected chi connectivity index (χ2v) is 7.74. The minimum absolute atomic E-state index is 0.0374. The lowest BCUT2D eigenvalue weighted by Gasteiger charge is -2.21. The van der Waals surface area contributed by atoms with Crippen LogP contribution in [-0.4, -0.2) is 23.5 Å². The van der Waals surface area contributed by atoms with Gasteiger partial charge in [0.25, 0.3) is 0 Å². The Bertz CT molecular complexity index is 1120. The first kappa shape index (κ1) is 19.9. The molecule has 4 nitrogen and oxygen atoms in total. The Morgan fingerprint density at radius 1 is 0.933 bits per heavy atom. The van der Waals surface area contributed by atoms with Gasteiger partial charge in [-0.05, 0) is 43.2 Å². The van der Waals surface area contributed by atoms with Crippen molar-refractivity contribution in [1.82, 2.24) is 10.3 Å². The number of aryl methyl sites for hydroxylation is 1. The summed E-state index contributed by atoms with van der Waals surface area (Å²) in [5, 5.41) is 7.64. The average Bonchev–Trinajstić information content (AvgIpc) is 3.20. The van der Waals surface area contributed by atoms with Crippen LogP contribution in [0.3, 0.4) is 0 Å². The second kappa shape index (κ2) is 8.97. The van der Waals surface area contributed by atoms with Gasteiger partial charge in [-0.25, -0.2) is 0 Å². The number of fused-ring (bicyclic) bond motifs is 1. The van der Waals surface area contributed by atoms with Gasteiger partial charge in [0.15, 0.2) is 0 Å². The van der Waals surface area contributed by atoms with E-state index in [1.165, 1.54) is 22.1 Å². The number of aromatic nitrogens is 1. The molecule has 0 radical (unpaired) electrons. The molecule has 152 valence electrons. The van der Waals surface area contributed by atoms with Gasteiger partial charge in [-0.1, -0.05) is 66.2 Å². The van der Waals surface area contributed by atoms with Crippen LogP contribution in [0.25, 0.3) is 10.9 Å². The van der Waals surface area contributed by atoms with Crippen LogP contribution >= 0.6 is 0 Å². The van der Waals surface area contributed by atoms with Crippen molar-refractivity contribution in [2.45, 2.75) is 25.8 Å². The molecule has 0 fully saturated rings. The van der Waals surface area contributed by atoms with E-state index >= 15 is 0 Å². The largest absolute Gasteiger partial charge is 0.361 e. The van der Waals surface area contributed by atoms with Crippen molar-refractivity contribution in [1.29, 1.82) is 0 Å². The summed E-state index contributed by atoms with van der Waals surface area (Å²) in [6, 6.07) is 26.3. The number of hydrogen-bond donors (Lipinski definition) is 3. The summed E-state index contributed by atoms with van der Waals surface area (Å²) in [6.07, 6.45) is 2.08. The van der Waals surface area contributed by atoms with Gasteiger partial charge in [-0.2, -0.15) is 0 Å². The summed E-state index contributed by atoms with van der Waals surface area (Å²) in [5.41, 5.74) is 5.56. The number of aromatic amines is 1. The van der Waals surface area contributed by atoms with Crippen molar-refractivity contribution in [2.24, 2.45) is 0 Å². The van der Waals surface area contributed by atoms with E-state index in [1.807, 2.05) is 50.2 Å². The van der Waals surface area contributed by atoms with Gasteiger partial charge in [0.05, 0.1) is 6.04 Å². The molecule has 30 heavy (non-hydrogen) atoms. The monoisotopic (exact) mass is 397 g/mol. The highest BCUT2D eigenvalue weighted by molar-refractivity contribution is 5.94. The molecule has 0 aliphatic carbocycles. The summed E-state index contributed by atoms with van der Waals surface area (Å²) in [7, 11) is 0. The SMILES string of the molecule is Cc1ccc(NC(=O)[C@H](C)NC[C@@H](c2ccccc2)c2c[nH]c3ccccc23)cc1. The molecule has 0 aliphatic rings. The van der Waals surface area contributed by atoms with E-state index in [2.05, 4.69) is 64.3 Å². The van der Waals surface area contributed by atoms with Crippen molar-refractivity contribution in [3.63, 3.8) is 0 Å². The number of amides is 1. The molecule has 4 aromatic rings. The van der Waals surface area contributed by atoms with E-state index in [1.54, 1.807) is 0 Å². The summed E-state index contributed by atoms with van der Waals surface area (Å²) in [4.78, 5) is 16.0. The molecule has 1 amide bonds. The van der Waals surface area contributed by atoms with Crippen LogP contribution in [0.2, 0.25) is 0 Å². The van der Waals surface area contributed by atoms with Crippen LogP contribution < -0.4 is 10.6 Å². The van der Waals surface area contributed by atoms with Crippen LogP contribution in [0.15, 0.2) is 85.1 Å². The Morgan fingerprint density at radius 3 is 2.40 bits per heavy atom. The van der Waals surface area contributed by atoms with Crippen LogP contribution in [0.1, 0.15) is 29.5 Å². The lowest BCUT2D eigenvalue weighted by atomic mass is 9.90. The van der Waals surface area contributed by atoms with E-state index in [0.717, 1.165) is 11.2 Å². The Labute approximate surface area is 177 Å². The van der Waals surface area contributed by atoms with Crippen molar-refractivity contribution in [3.8, 4) is 0 Å². The molecule has 0 aliphatic heterocycles.